The third kappa shape index (κ3) is 2.75. The van der Waals surface area contributed by atoms with Crippen LogP contribution in [0.4, 0.5) is 10.8 Å². The Labute approximate surface area is 138 Å². The number of anilines is 2. The predicted octanol–water partition coefficient (Wildman–Crippen LogP) is 6.18. The first kappa shape index (κ1) is 14.0. The molecule has 0 aliphatic carbocycles. The molecule has 1 heterocycles. The Morgan fingerprint density at radius 1 is 1.05 bits per heavy atom. The minimum Gasteiger partial charge on any atom is -0.332 e. The highest BCUT2D eigenvalue weighted by Crippen LogP contribution is 2.32. The zero-order valence-electron chi connectivity index (χ0n) is 11.0. The van der Waals surface area contributed by atoms with E-state index in [-0.39, 0.29) is 0 Å². The fraction of sp³-hybridized carbons (Fsp3) is 0.133. The molecule has 1 aromatic heterocycles. The topological polar surface area (TPSA) is 24.9 Å². The standard InChI is InChI=1S/C15H12Br2N2S/c1-8-5-11(6-9(2)14(8)17)18-15-19-12-4-3-10(16)7-13(12)20-15/h3-7H,1-2H3,(H,18,19). The summed E-state index contributed by atoms with van der Waals surface area (Å²) in [6, 6.07) is 10.4. The lowest BCUT2D eigenvalue weighted by Crippen LogP contribution is -1.92. The van der Waals surface area contributed by atoms with E-state index in [4.69, 9.17) is 0 Å². The SMILES string of the molecule is Cc1cc(Nc2nc3ccc(Br)cc3s2)cc(C)c1Br. The summed E-state index contributed by atoms with van der Waals surface area (Å²) in [5.41, 5.74) is 4.53. The van der Waals surface area contributed by atoms with Crippen molar-refractivity contribution in [2.24, 2.45) is 0 Å². The molecule has 1 N–H and O–H groups in total. The molecule has 0 fully saturated rings. The minimum absolute atomic E-state index is 0.916. The molecule has 2 aromatic carbocycles. The first-order chi connectivity index (χ1) is 9.52. The van der Waals surface area contributed by atoms with Crippen LogP contribution >= 0.6 is 43.2 Å². The van der Waals surface area contributed by atoms with Crippen molar-refractivity contribution in [3.05, 3.63) is 50.4 Å². The number of halogens is 2. The van der Waals surface area contributed by atoms with Crippen LogP contribution in [0.15, 0.2) is 39.3 Å². The molecular formula is C15H12Br2N2S. The molecular weight excluding hydrogens is 400 g/mol. The van der Waals surface area contributed by atoms with Gasteiger partial charge in [-0.3, -0.25) is 0 Å². The highest BCUT2D eigenvalue weighted by atomic mass is 79.9. The van der Waals surface area contributed by atoms with Crippen LogP contribution in [0.25, 0.3) is 10.2 Å². The van der Waals surface area contributed by atoms with Crippen LogP contribution in [-0.2, 0) is 0 Å². The maximum atomic E-state index is 4.61. The molecule has 2 nitrogen and oxygen atoms in total. The second-order valence-corrected chi connectivity index (χ2v) is 7.42. The van der Waals surface area contributed by atoms with Crippen molar-refractivity contribution in [1.29, 1.82) is 0 Å². The van der Waals surface area contributed by atoms with Gasteiger partial charge < -0.3 is 5.32 Å². The van der Waals surface area contributed by atoms with Crippen LogP contribution in [0.5, 0.6) is 0 Å². The normalized spacial score (nSPS) is 11.0. The van der Waals surface area contributed by atoms with Crippen molar-refractivity contribution >= 4 is 64.2 Å². The van der Waals surface area contributed by atoms with Gasteiger partial charge in [-0.2, -0.15) is 0 Å². The molecule has 3 aromatic rings. The Balaban J connectivity index is 1.96. The third-order valence-electron chi connectivity index (χ3n) is 3.04. The lowest BCUT2D eigenvalue weighted by molar-refractivity contribution is 1.33. The van der Waals surface area contributed by atoms with Gasteiger partial charge in [0.2, 0.25) is 0 Å². The molecule has 20 heavy (non-hydrogen) atoms. The summed E-state index contributed by atoms with van der Waals surface area (Å²) in [5.74, 6) is 0. The number of nitrogens with one attached hydrogen (secondary N) is 1. The average Bonchev–Trinajstić information content (AvgIpc) is 2.77. The molecule has 102 valence electrons. The minimum atomic E-state index is 0.916. The Morgan fingerprint density at radius 3 is 2.45 bits per heavy atom. The molecule has 0 unspecified atom stereocenters. The van der Waals surface area contributed by atoms with E-state index in [1.807, 2.05) is 12.1 Å². The molecule has 0 saturated heterocycles. The summed E-state index contributed by atoms with van der Waals surface area (Å²) < 4.78 is 3.42. The van der Waals surface area contributed by atoms with E-state index < -0.39 is 0 Å². The number of fused-ring (bicyclic) bond motifs is 1. The number of aryl methyl sites for hydroxylation is 2. The summed E-state index contributed by atoms with van der Waals surface area (Å²) in [5, 5.41) is 4.31. The van der Waals surface area contributed by atoms with Crippen molar-refractivity contribution in [3.63, 3.8) is 0 Å². The first-order valence-corrected chi connectivity index (χ1v) is 8.53. The largest absolute Gasteiger partial charge is 0.332 e. The number of benzene rings is 2. The second kappa shape index (κ2) is 5.47. The Morgan fingerprint density at radius 2 is 1.75 bits per heavy atom. The van der Waals surface area contributed by atoms with Gasteiger partial charge in [0.1, 0.15) is 0 Å². The van der Waals surface area contributed by atoms with Gasteiger partial charge in [0.25, 0.3) is 0 Å². The van der Waals surface area contributed by atoms with Crippen molar-refractivity contribution in [3.8, 4) is 0 Å². The van der Waals surface area contributed by atoms with Gasteiger partial charge in [0.15, 0.2) is 5.13 Å². The molecule has 0 aliphatic rings. The number of aromatic nitrogens is 1. The monoisotopic (exact) mass is 410 g/mol. The van der Waals surface area contributed by atoms with Crippen LogP contribution in [-0.4, -0.2) is 4.98 Å². The summed E-state index contributed by atoms with van der Waals surface area (Å²) >= 11 is 8.74. The predicted molar refractivity (Wildman–Crippen MR) is 94.2 cm³/mol. The Kier molecular flexibility index (Phi) is 3.84. The molecule has 0 bridgehead atoms. The number of thiazole rings is 1. The fourth-order valence-electron chi connectivity index (χ4n) is 2.09. The van der Waals surface area contributed by atoms with Crippen LogP contribution in [0.3, 0.4) is 0 Å². The highest BCUT2D eigenvalue weighted by molar-refractivity contribution is 9.10. The first-order valence-electron chi connectivity index (χ1n) is 6.13. The Bertz CT molecular complexity index is 773. The molecule has 0 radical (unpaired) electrons. The van der Waals surface area contributed by atoms with Crippen molar-refractivity contribution < 1.29 is 0 Å². The summed E-state index contributed by atoms with van der Waals surface area (Å²) in [6.07, 6.45) is 0. The maximum absolute atomic E-state index is 4.61. The van der Waals surface area contributed by atoms with Gasteiger partial charge >= 0.3 is 0 Å². The number of nitrogens with zero attached hydrogens (tertiary/aromatic N) is 1. The zero-order valence-corrected chi connectivity index (χ0v) is 15.0. The van der Waals surface area contributed by atoms with Gasteiger partial charge in [0, 0.05) is 14.6 Å². The molecule has 0 spiro atoms. The van der Waals surface area contributed by atoms with Crippen molar-refractivity contribution in [2.45, 2.75) is 13.8 Å². The van der Waals surface area contributed by atoms with E-state index in [2.05, 4.69) is 74.2 Å². The summed E-state index contributed by atoms with van der Waals surface area (Å²) in [7, 11) is 0. The average molecular weight is 412 g/mol. The number of hydrogen-bond donors (Lipinski definition) is 1. The molecule has 3 rings (SSSR count). The summed E-state index contributed by atoms with van der Waals surface area (Å²) in [6.45, 7) is 4.19. The van der Waals surface area contributed by atoms with E-state index in [9.17, 15) is 0 Å². The lowest BCUT2D eigenvalue weighted by Gasteiger charge is -2.08. The third-order valence-corrected chi connectivity index (χ3v) is 5.72. The van der Waals surface area contributed by atoms with Crippen LogP contribution in [0.1, 0.15) is 11.1 Å². The fourth-order valence-corrected chi connectivity index (χ4v) is 3.76. The number of hydrogen-bond acceptors (Lipinski definition) is 3. The second-order valence-electron chi connectivity index (χ2n) is 4.68. The Hall–Kier alpha value is -0.910. The van der Waals surface area contributed by atoms with Gasteiger partial charge in [0.05, 0.1) is 10.2 Å². The van der Waals surface area contributed by atoms with E-state index in [1.165, 1.54) is 15.8 Å². The maximum Gasteiger partial charge on any atom is 0.188 e. The van der Waals surface area contributed by atoms with E-state index >= 15 is 0 Å². The zero-order chi connectivity index (χ0) is 14.3. The van der Waals surface area contributed by atoms with Crippen LogP contribution in [0, 0.1) is 13.8 Å². The van der Waals surface area contributed by atoms with Crippen molar-refractivity contribution in [1.82, 2.24) is 4.98 Å². The van der Waals surface area contributed by atoms with Gasteiger partial charge in [-0.05, 0) is 55.3 Å². The van der Waals surface area contributed by atoms with Crippen molar-refractivity contribution in [2.75, 3.05) is 5.32 Å². The molecule has 0 atom stereocenters. The van der Waals surface area contributed by atoms with E-state index in [1.54, 1.807) is 11.3 Å². The molecule has 0 amide bonds. The smallest absolute Gasteiger partial charge is 0.188 e. The quantitative estimate of drug-likeness (QED) is 0.544. The molecule has 0 saturated carbocycles. The van der Waals surface area contributed by atoms with Gasteiger partial charge in [-0.1, -0.05) is 43.2 Å². The highest BCUT2D eigenvalue weighted by Gasteiger charge is 2.07. The van der Waals surface area contributed by atoms with Gasteiger partial charge in [-0.15, -0.1) is 0 Å². The van der Waals surface area contributed by atoms with Crippen LogP contribution < -0.4 is 5.32 Å². The molecule has 0 aliphatic heterocycles. The van der Waals surface area contributed by atoms with Gasteiger partial charge in [-0.25, -0.2) is 4.98 Å². The van der Waals surface area contributed by atoms with Crippen LogP contribution in [0.2, 0.25) is 0 Å². The van der Waals surface area contributed by atoms with E-state index in [0.717, 1.165) is 25.3 Å². The lowest BCUT2D eigenvalue weighted by atomic mass is 10.1. The van der Waals surface area contributed by atoms with E-state index in [0.29, 0.717) is 0 Å². The number of rotatable bonds is 2. The molecule has 5 heteroatoms. The summed E-state index contributed by atoms with van der Waals surface area (Å²) in [4.78, 5) is 4.61.